The normalized spacial score (nSPS) is 22.4. The van der Waals surface area contributed by atoms with Crippen molar-refractivity contribution >= 4 is 11.9 Å². The number of aliphatic carboxylic acids is 1. The number of carbonyl (C=O) groups is 2. The van der Waals surface area contributed by atoms with E-state index in [0.29, 0.717) is 37.9 Å². The molecule has 8 heteroatoms. The van der Waals surface area contributed by atoms with Crippen LogP contribution in [0.25, 0.3) is 0 Å². The van der Waals surface area contributed by atoms with Crippen LogP contribution in [0.5, 0.6) is 11.5 Å². The van der Waals surface area contributed by atoms with Crippen LogP contribution in [0.1, 0.15) is 61.4 Å². The van der Waals surface area contributed by atoms with Gasteiger partial charge in [-0.1, -0.05) is 45.0 Å². The second-order valence-corrected chi connectivity index (χ2v) is 9.33. The van der Waals surface area contributed by atoms with E-state index in [-0.39, 0.29) is 0 Å². The zero-order valence-corrected chi connectivity index (χ0v) is 21.2. The fourth-order valence-corrected chi connectivity index (χ4v) is 5.54. The number of fused-ring (bicyclic) bond motifs is 1. The maximum absolute atomic E-state index is 13.1. The molecule has 2 aromatic rings. The smallest absolute Gasteiger partial charge is 0.311 e. The molecule has 36 heavy (non-hydrogen) atoms. The summed E-state index contributed by atoms with van der Waals surface area (Å²) in [6.45, 7) is 7.66. The molecule has 4 atom stereocenters. The van der Waals surface area contributed by atoms with Gasteiger partial charge >= 0.3 is 5.97 Å². The third kappa shape index (κ3) is 4.92. The lowest BCUT2D eigenvalue weighted by Gasteiger charge is -2.34. The summed E-state index contributed by atoms with van der Waals surface area (Å²) in [4.78, 5) is 27.7. The van der Waals surface area contributed by atoms with E-state index in [2.05, 4.69) is 0 Å². The first-order valence-electron chi connectivity index (χ1n) is 12.8. The molecule has 0 bridgehead atoms. The van der Waals surface area contributed by atoms with Crippen molar-refractivity contribution in [2.45, 2.75) is 58.2 Å². The van der Waals surface area contributed by atoms with E-state index >= 15 is 0 Å². The SMILES string of the molecule is CCCOC1C(C(=O)O)C(c2ccc3c(c2)OCCO3)CN1C(C(N)=O)c1c(CC)cccc1CC. The molecule has 194 valence electrons. The Balaban J connectivity index is 1.82. The van der Waals surface area contributed by atoms with Gasteiger partial charge in [-0.15, -0.1) is 0 Å². The summed E-state index contributed by atoms with van der Waals surface area (Å²) >= 11 is 0. The number of ether oxygens (including phenoxy) is 3. The van der Waals surface area contributed by atoms with Gasteiger partial charge in [0, 0.05) is 19.1 Å². The van der Waals surface area contributed by atoms with Crippen LogP contribution >= 0.6 is 0 Å². The van der Waals surface area contributed by atoms with Crippen molar-refractivity contribution in [2.75, 3.05) is 26.4 Å². The summed E-state index contributed by atoms with van der Waals surface area (Å²) in [5, 5.41) is 10.4. The Morgan fingerprint density at radius 2 is 1.75 bits per heavy atom. The number of carbonyl (C=O) groups excluding carboxylic acids is 1. The predicted octanol–water partition coefficient (Wildman–Crippen LogP) is 3.66. The van der Waals surface area contributed by atoms with Gasteiger partial charge in [-0.2, -0.15) is 0 Å². The van der Waals surface area contributed by atoms with Gasteiger partial charge in [0.2, 0.25) is 5.91 Å². The van der Waals surface area contributed by atoms with Crippen LogP contribution in [0, 0.1) is 5.92 Å². The summed E-state index contributed by atoms with van der Waals surface area (Å²) in [5.74, 6) is -1.56. The Hall–Kier alpha value is -3.10. The van der Waals surface area contributed by atoms with Crippen molar-refractivity contribution in [3.63, 3.8) is 0 Å². The third-order valence-corrected chi connectivity index (χ3v) is 7.17. The third-order valence-electron chi connectivity index (χ3n) is 7.17. The number of carboxylic acids is 1. The summed E-state index contributed by atoms with van der Waals surface area (Å²) in [7, 11) is 0. The Morgan fingerprint density at radius 3 is 2.33 bits per heavy atom. The van der Waals surface area contributed by atoms with E-state index < -0.39 is 36.0 Å². The molecule has 2 aromatic carbocycles. The number of likely N-dealkylation sites (tertiary alicyclic amines) is 1. The van der Waals surface area contributed by atoms with Crippen molar-refractivity contribution in [3.05, 3.63) is 58.7 Å². The molecular weight excluding hydrogens is 460 g/mol. The number of primary amides is 1. The molecule has 2 aliphatic heterocycles. The van der Waals surface area contributed by atoms with Gasteiger partial charge in [-0.3, -0.25) is 14.5 Å². The van der Waals surface area contributed by atoms with E-state index in [1.807, 2.05) is 62.1 Å². The minimum absolute atomic E-state index is 0.305. The molecule has 2 heterocycles. The number of nitrogens with zero attached hydrogens (tertiary/aromatic N) is 1. The number of amides is 1. The Morgan fingerprint density at radius 1 is 1.08 bits per heavy atom. The van der Waals surface area contributed by atoms with Crippen molar-refractivity contribution < 1.29 is 28.9 Å². The molecule has 8 nitrogen and oxygen atoms in total. The number of hydrogen-bond acceptors (Lipinski definition) is 6. The van der Waals surface area contributed by atoms with Crippen LogP contribution in [0.15, 0.2) is 36.4 Å². The molecule has 4 rings (SSSR count). The standard InChI is InChI=1S/C28H36N2O6/c1-4-12-36-27-24(28(32)33)20(19-10-11-21-22(15-19)35-14-13-34-21)16-30(27)25(26(29)31)23-17(5-2)8-7-9-18(23)6-3/h7-11,15,20,24-25,27H,4-6,12-14,16H2,1-3H3,(H2,29,31)(H,32,33). The maximum Gasteiger partial charge on any atom is 0.311 e. The minimum Gasteiger partial charge on any atom is -0.486 e. The number of hydrogen-bond donors (Lipinski definition) is 2. The highest BCUT2D eigenvalue weighted by molar-refractivity contribution is 5.83. The van der Waals surface area contributed by atoms with Gasteiger partial charge in [-0.05, 0) is 53.6 Å². The van der Waals surface area contributed by atoms with Crippen molar-refractivity contribution in [2.24, 2.45) is 11.7 Å². The zero-order valence-electron chi connectivity index (χ0n) is 21.2. The lowest BCUT2D eigenvalue weighted by Crippen LogP contribution is -2.45. The highest BCUT2D eigenvalue weighted by Gasteiger charge is 2.51. The summed E-state index contributed by atoms with van der Waals surface area (Å²) in [6.07, 6.45) is 1.37. The van der Waals surface area contributed by atoms with Crippen LogP contribution in [0.3, 0.4) is 0 Å². The summed E-state index contributed by atoms with van der Waals surface area (Å²) in [5.41, 5.74) is 9.80. The summed E-state index contributed by atoms with van der Waals surface area (Å²) < 4.78 is 17.6. The first-order chi connectivity index (χ1) is 17.4. The van der Waals surface area contributed by atoms with E-state index in [1.54, 1.807) is 0 Å². The molecule has 0 saturated carbocycles. The molecule has 1 saturated heterocycles. The highest BCUT2D eigenvalue weighted by atomic mass is 16.6. The van der Waals surface area contributed by atoms with E-state index in [1.165, 1.54) is 0 Å². The minimum atomic E-state index is -0.971. The molecule has 0 radical (unpaired) electrons. The molecule has 1 amide bonds. The van der Waals surface area contributed by atoms with Crippen LogP contribution in [-0.2, 0) is 27.2 Å². The van der Waals surface area contributed by atoms with Gasteiger partial charge in [0.25, 0.3) is 0 Å². The fourth-order valence-electron chi connectivity index (χ4n) is 5.54. The fraction of sp³-hybridized carbons (Fsp3) is 0.500. The van der Waals surface area contributed by atoms with Crippen molar-refractivity contribution in [1.82, 2.24) is 4.90 Å². The van der Waals surface area contributed by atoms with Gasteiger partial charge < -0.3 is 25.1 Å². The highest BCUT2D eigenvalue weighted by Crippen LogP contribution is 2.45. The lowest BCUT2D eigenvalue weighted by molar-refractivity contribution is -0.155. The van der Waals surface area contributed by atoms with Crippen molar-refractivity contribution in [3.8, 4) is 11.5 Å². The Kier molecular flexibility index (Phi) is 8.16. The van der Waals surface area contributed by atoms with E-state index in [0.717, 1.165) is 41.5 Å². The first-order valence-corrected chi connectivity index (χ1v) is 12.8. The predicted molar refractivity (Wildman–Crippen MR) is 135 cm³/mol. The second kappa shape index (κ2) is 11.3. The van der Waals surface area contributed by atoms with Crippen LogP contribution in [-0.4, -0.2) is 54.5 Å². The van der Waals surface area contributed by atoms with Gasteiger partial charge in [0.1, 0.15) is 31.4 Å². The average Bonchev–Trinajstić information content (AvgIpc) is 3.26. The number of carboxylic acid groups (broad SMARTS) is 1. The first kappa shape index (κ1) is 26.0. The molecule has 3 N–H and O–H groups in total. The monoisotopic (exact) mass is 496 g/mol. The molecule has 0 aromatic heterocycles. The molecule has 4 unspecified atom stereocenters. The number of nitrogens with two attached hydrogens (primary N) is 1. The molecule has 0 aliphatic carbocycles. The van der Waals surface area contributed by atoms with Crippen LogP contribution < -0.4 is 15.2 Å². The molecular formula is C28H36N2O6. The van der Waals surface area contributed by atoms with Crippen molar-refractivity contribution in [1.29, 1.82) is 0 Å². The van der Waals surface area contributed by atoms with Gasteiger partial charge in [0.05, 0.1) is 0 Å². The number of benzene rings is 2. The average molecular weight is 497 g/mol. The van der Waals surface area contributed by atoms with Gasteiger partial charge in [-0.25, -0.2) is 0 Å². The van der Waals surface area contributed by atoms with Crippen LogP contribution in [0.2, 0.25) is 0 Å². The quantitative estimate of drug-likeness (QED) is 0.516. The Labute approximate surface area is 212 Å². The molecule has 2 aliphatic rings. The Bertz CT molecular complexity index is 1080. The number of rotatable bonds is 10. The van der Waals surface area contributed by atoms with Crippen LogP contribution in [0.4, 0.5) is 0 Å². The lowest BCUT2D eigenvalue weighted by atomic mass is 9.88. The topological polar surface area (TPSA) is 111 Å². The molecule has 1 fully saturated rings. The van der Waals surface area contributed by atoms with Gasteiger partial charge in [0.15, 0.2) is 11.5 Å². The molecule has 0 spiro atoms. The van der Waals surface area contributed by atoms with E-state index in [4.69, 9.17) is 19.9 Å². The number of aryl methyl sites for hydroxylation is 2. The second-order valence-electron chi connectivity index (χ2n) is 9.33. The largest absolute Gasteiger partial charge is 0.486 e. The summed E-state index contributed by atoms with van der Waals surface area (Å²) in [6, 6.07) is 10.8. The maximum atomic E-state index is 13.1. The van der Waals surface area contributed by atoms with E-state index in [9.17, 15) is 14.7 Å². The zero-order chi connectivity index (χ0) is 25.8.